The van der Waals surface area contributed by atoms with Crippen LogP contribution in [0.5, 0.6) is 5.75 Å². The van der Waals surface area contributed by atoms with E-state index in [0.29, 0.717) is 13.2 Å². The fourth-order valence-corrected chi connectivity index (χ4v) is 2.18. The van der Waals surface area contributed by atoms with E-state index in [0.717, 1.165) is 18.8 Å². The molecular formula is C14H24N2O. The van der Waals surface area contributed by atoms with Gasteiger partial charge in [-0.2, -0.15) is 0 Å². The number of ether oxygens (including phenoxy) is 1. The molecule has 0 radical (unpaired) electrons. The van der Waals surface area contributed by atoms with Gasteiger partial charge in [-0.15, -0.1) is 0 Å². The number of rotatable bonds is 7. The number of hydrogen-bond donors (Lipinski definition) is 1. The van der Waals surface area contributed by atoms with Crippen LogP contribution < -0.4 is 10.5 Å². The molecule has 0 bridgehead atoms. The van der Waals surface area contributed by atoms with Crippen molar-refractivity contribution in [2.75, 3.05) is 26.2 Å². The lowest BCUT2D eigenvalue weighted by atomic mass is 10.0. The first-order valence-electron chi connectivity index (χ1n) is 6.44. The summed E-state index contributed by atoms with van der Waals surface area (Å²) in [6, 6.07) is 8.42. The van der Waals surface area contributed by atoms with Crippen molar-refractivity contribution in [3.63, 3.8) is 0 Å². The summed E-state index contributed by atoms with van der Waals surface area (Å²) in [5.74, 6) is 0.956. The van der Waals surface area contributed by atoms with Crippen LogP contribution in [0.1, 0.15) is 32.4 Å². The Morgan fingerprint density at radius 1 is 1.18 bits per heavy atom. The molecule has 1 aromatic rings. The highest BCUT2D eigenvalue weighted by atomic mass is 16.5. The largest absolute Gasteiger partial charge is 0.494 e. The van der Waals surface area contributed by atoms with Gasteiger partial charge in [-0.25, -0.2) is 0 Å². The summed E-state index contributed by atoms with van der Waals surface area (Å²) >= 11 is 0. The quantitative estimate of drug-likeness (QED) is 0.790. The maximum Gasteiger partial charge on any atom is 0.124 e. The van der Waals surface area contributed by atoms with Crippen molar-refractivity contribution in [3.8, 4) is 5.75 Å². The summed E-state index contributed by atoms with van der Waals surface area (Å²) in [5.41, 5.74) is 7.12. The maximum absolute atomic E-state index is 5.92. The van der Waals surface area contributed by atoms with E-state index in [2.05, 4.69) is 24.8 Å². The molecule has 1 aromatic carbocycles. The lowest BCUT2D eigenvalue weighted by molar-refractivity contribution is 0.217. The molecule has 0 saturated carbocycles. The molecule has 0 amide bonds. The lowest BCUT2D eigenvalue weighted by Crippen LogP contribution is -2.33. The Labute approximate surface area is 105 Å². The van der Waals surface area contributed by atoms with Crippen LogP contribution in [0.4, 0.5) is 0 Å². The molecular weight excluding hydrogens is 212 g/mol. The highest BCUT2D eigenvalue weighted by Gasteiger charge is 2.19. The minimum atomic E-state index is 0.243. The van der Waals surface area contributed by atoms with Gasteiger partial charge < -0.3 is 10.5 Å². The molecule has 0 saturated heterocycles. The third-order valence-electron chi connectivity index (χ3n) is 3.05. The highest BCUT2D eigenvalue weighted by molar-refractivity contribution is 5.36. The van der Waals surface area contributed by atoms with Crippen molar-refractivity contribution in [1.82, 2.24) is 4.90 Å². The van der Waals surface area contributed by atoms with Crippen LogP contribution in [0.25, 0.3) is 0 Å². The second kappa shape index (κ2) is 7.30. The van der Waals surface area contributed by atoms with Crippen LogP contribution >= 0.6 is 0 Å². The van der Waals surface area contributed by atoms with E-state index < -0.39 is 0 Å². The molecule has 0 aliphatic rings. The fraction of sp³-hybridized carbons (Fsp3) is 0.571. The van der Waals surface area contributed by atoms with Gasteiger partial charge in [0.25, 0.3) is 0 Å². The van der Waals surface area contributed by atoms with Gasteiger partial charge in [-0.3, -0.25) is 4.90 Å². The van der Waals surface area contributed by atoms with Gasteiger partial charge in [0.05, 0.1) is 12.6 Å². The third kappa shape index (κ3) is 3.45. The van der Waals surface area contributed by atoms with Crippen molar-refractivity contribution >= 4 is 0 Å². The van der Waals surface area contributed by atoms with Crippen molar-refractivity contribution in [1.29, 1.82) is 0 Å². The Kier molecular flexibility index (Phi) is 6.01. The molecule has 96 valence electrons. The molecule has 0 aromatic heterocycles. The summed E-state index contributed by atoms with van der Waals surface area (Å²) < 4.78 is 5.68. The molecule has 1 rings (SSSR count). The molecule has 3 heteroatoms. The van der Waals surface area contributed by atoms with Crippen LogP contribution in [-0.2, 0) is 0 Å². The van der Waals surface area contributed by atoms with Gasteiger partial charge in [-0.1, -0.05) is 32.0 Å². The zero-order chi connectivity index (χ0) is 12.7. The fourth-order valence-electron chi connectivity index (χ4n) is 2.18. The zero-order valence-electron chi connectivity index (χ0n) is 11.1. The Balaban J connectivity index is 3.01. The molecule has 2 N–H and O–H groups in total. The average Bonchev–Trinajstić information content (AvgIpc) is 2.37. The molecule has 0 aliphatic heterocycles. The number of para-hydroxylation sites is 1. The highest BCUT2D eigenvalue weighted by Crippen LogP contribution is 2.28. The third-order valence-corrected chi connectivity index (χ3v) is 3.05. The molecule has 1 unspecified atom stereocenters. The van der Waals surface area contributed by atoms with Crippen LogP contribution in [0.2, 0.25) is 0 Å². The average molecular weight is 236 g/mol. The second-order valence-corrected chi connectivity index (χ2v) is 3.94. The van der Waals surface area contributed by atoms with Crippen molar-refractivity contribution in [2.24, 2.45) is 5.73 Å². The predicted octanol–water partition coefficient (Wildman–Crippen LogP) is 2.43. The van der Waals surface area contributed by atoms with Crippen molar-refractivity contribution < 1.29 is 4.74 Å². The Morgan fingerprint density at radius 3 is 2.35 bits per heavy atom. The van der Waals surface area contributed by atoms with Gasteiger partial charge in [0, 0.05) is 12.1 Å². The van der Waals surface area contributed by atoms with E-state index in [9.17, 15) is 0 Å². The lowest BCUT2D eigenvalue weighted by Gasteiger charge is -2.30. The van der Waals surface area contributed by atoms with E-state index in [1.807, 2.05) is 25.1 Å². The van der Waals surface area contributed by atoms with Gasteiger partial charge in [0.2, 0.25) is 0 Å². The monoisotopic (exact) mass is 236 g/mol. The number of hydrogen-bond acceptors (Lipinski definition) is 3. The first-order valence-corrected chi connectivity index (χ1v) is 6.44. The summed E-state index contributed by atoms with van der Waals surface area (Å²) in [4.78, 5) is 2.36. The second-order valence-electron chi connectivity index (χ2n) is 3.94. The van der Waals surface area contributed by atoms with Gasteiger partial charge in [0.15, 0.2) is 0 Å². The molecule has 17 heavy (non-hydrogen) atoms. The normalized spacial score (nSPS) is 12.8. The number of benzene rings is 1. The Hall–Kier alpha value is -1.06. The molecule has 1 atom stereocenters. The maximum atomic E-state index is 5.92. The minimum Gasteiger partial charge on any atom is -0.494 e. The molecule has 0 fully saturated rings. The van der Waals surface area contributed by atoms with Crippen molar-refractivity contribution in [2.45, 2.75) is 26.8 Å². The summed E-state index contributed by atoms with van der Waals surface area (Å²) in [5, 5.41) is 0. The Bertz CT molecular complexity index is 324. The smallest absolute Gasteiger partial charge is 0.124 e. The number of nitrogens with two attached hydrogens (primary N) is 1. The Morgan fingerprint density at radius 2 is 1.82 bits per heavy atom. The molecule has 0 spiro atoms. The number of nitrogens with zero attached hydrogens (tertiary/aromatic N) is 1. The van der Waals surface area contributed by atoms with E-state index in [-0.39, 0.29) is 6.04 Å². The van der Waals surface area contributed by atoms with E-state index in [1.54, 1.807) is 0 Å². The number of likely N-dealkylation sites (N-methyl/N-ethyl adjacent to an activating group) is 1. The van der Waals surface area contributed by atoms with Crippen LogP contribution in [0.3, 0.4) is 0 Å². The molecule has 3 nitrogen and oxygen atoms in total. The van der Waals surface area contributed by atoms with Crippen molar-refractivity contribution in [3.05, 3.63) is 29.8 Å². The molecule has 0 heterocycles. The first-order chi connectivity index (χ1) is 8.28. The minimum absolute atomic E-state index is 0.243. The SMILES string of the molecule is CCOc1ccccc1C(CN)N(CC)CC. The predicted molar refractivity (Wildman–Crippen MR) is 72.3 cm³/mol. The molecule has 0 aliphatic carbocycles. The zero-order valence-corrected chi connectivity index (χ0v) is 11.1. The van der Waals surface area contributed by atoms with E-state index in [4.69, 9.17) is 10.5 Å². The van der Waals surface area contributed by atoms with Crippen LogP contribution in [0, 0.1) is 0 Å². The van der Waals surface area contributed by atoms with Crippen LogP contribution in [0.15, 0.2) is 24.3 Å². The van der Waals surface area contributed by atoms with Crippen LogP contribution in [-0.4, -0.2) is 31.1 Å². The van der Waals surface area contributed by atoms with E-state index >= 15 is 0 Å². The topological polar surface area (TPSA) is 38.5 Å². The first kappa shape index (κ1) is 14.0. The van der Waals surface area contributed by atoms with Gasteiger partial charge in [0.1, 0.15) is 5.75 Å². The summed E-state index contributed by atoms with van der Waals surface area (Å²) in [6.07, 6.45) is 0. The summed E-state index contributed by atoms with van der Waals surface area (Å²) in [6.45, 7) is 9.63. The van der Waals surface area contributed by atoms with E-state index in [1.165, 1.54) is 5.56 Å². The summed E-state index contributed by atoms with van der Waals surface area (Å²) in [7, 11) is 0. The van der Waals surface area contributed by atoms with Gasteiger partial charge >= 0.3 is 0 Å². The van der Waals surface area contributed by atoms with Gasteiger partial charge in [-0.05, 0) is 26.1 Å². The standard InChI is InChI=1S/C14H24N2O/c1-4-16(5-2)13(11-15)12-9-7-8-10-14(12)17-6-3/h7-10,13H,4-6,11,15H2,1-3H3.